The SMILES string of the molecule is CC1=NN(c2ccc3ccccc3c2)C(=O)C1. The Kier molecular flexibility index (Phi) is 2.18. The Labute approximate surface area is 99.4 Å². The highest BCUT2D eigenvalue weighted by molar-refractivity contribution is 6.12. The molecule has 1 heterocycles. The molecule has 1 aliphatic rings. The lowest BCUT2D eigenvalue weighted by molar-refractivity contribution is -0.116. The molecule has 1 aliphatic heterocycles. The lowest BCUT2D eigenvalue weighted by atomic mass is 10.1. The van der Waals surface area contributed by atoms with E-state index in [0.29, 0.717) is 6.42 Å². The van der Waals surface area contributed by atoms with Crippen LogP contribution in [0.15, 0.2) is 47.6 Å². The Bertz CT molecular complexity index is 631. The summed E-state index contributed by atoms with van der Waals surface area (Å²) in [6, 6.07) is 14.0. The number of benzene rings is 2. The molecule has 0 saturated carbocycles. The average Bonchev–Trinajstić information content (AvgIpc) is 2.68. The number of hydrogen-bond donors (Lipinski definition) is 0. The molecule has 0 saturated heterocycles. The van der Waals surface area contributed by atoms with Crippen LogP contribution < -0.4 is 5.01 Å². The number of carbonyl (C=O) groups excluding carboxylic acids is 1. The van der Waals surface area contributed by atoms with Crippen molar-refractivity contribution in [2.24, 2.45) is 5.10 Å². The molecule has 3 nitrogen and oxygen atoms in total. The van der Waals surface area contributed by atoms with Crippen LogP contribution >= 0.6 is 0 Å². The van der Waals surface area contributed by atoms with Gasteiger partial charge in [0.25, 0.3) is 5.91 Å². The molecule has 0 spiro atoms. The van der Waals surface area contributed by atoms with E-state index >= 15 is 0 Å². The average molecular weight is 224 g/mol. The maximum Gasteiger partial charge on any atom is 0.253 e. The zero-order valence-corrected chi connectivity index (χ0v) is 9.55. The number of hydrogen-bond acceptors (Lipinski definition) is 2. The fourth-order valence-corrected chi connectivity index (χ4v) is 2.07. The van der Waals surface area contributed by atoms with Crippen molar-refractivity contribution in [3.8, 4) is 0 Å². The Morgan fingerprint density at radius 1 is 1.12 bits per heavy atom. The number of fused-ring (bicyclic) bond motifs is 1. The molecule has 0 aliphatic carbocycles. The summed E-state index contributed by atoms with van der Waals surface area (Å²) in [5, 5.41) is 8.03. The van der Waals surface area contributed by atoms with Crippen molar-refractivity contribution < 1.29 is 4.79 Å². The number of anilines is 1. The number of amides is 1. The van der Waals surface area contributed by atoms with Crippen molar-refractivity contribution in [1.29, 1.82) is 0 Å². The van der Waals surface area contributed by atoms with Gasteiger partial charge in [-0.05, 0) is 29.8 Å². The quantitative estimate of drug-likeness (QED) is 0.733. The summed E-state index contributed by atoms with van der Waals surface area (Å²) < 4.78 is 0. The summed E-state index contributed by atoms with van der Waals surface area (Å²) in [5.41, 5.74) is 1.70. The smallest absolute Gasteiger partial charge is 0.253 e. The molecular weight excluding hydrogens is 212 g/mol. The molecule has 3 heteroatoms. The van der Waals surface area contributed by atoms with Gasteiger partial charge in [0.05, 0.1) is 12.1 Å². The van der Waals surface area contributed by atoms with Gasteiger partial charge in [0, 0.05) is 5.71 Å². The summed E-state index contributed by atoms with van der Waals surface area (Å²) >= 11 is 0. The van der Waals surface area contributed by atoms with Crippen molar-refractivity contribution in [3.05, 3.63) is 42.5 Å². The normalized spacial score (nSPS) is 15.5. The lowest BCUT2D eigenvalue weighted by Gasteiger charge is -2.12. The van der Waals surface area contributed by atoms with Gasteiger partial charge in [-0.3, -0.25) is 4.79 Å². The first-order valence-corrected chi connectivity index (χ1v) is 5.60. The van der Waals surface area contributed by atoms with Crippen LogP contribution in [0.4, 0.5) is 5.69 Å². The summed E-state index contributed by atoms with van der Waals surface area (Å²) in [5.74, 6) is 0.0396. The Morgan fingerprint density at radius 2 is 1.88 bits per heavy atom. The molecule has 3 rings (SSSR count). The van der Waals surface area contributed by atoms with Gasteiger partial charge in [-0.15, -0.1) is 0 Å². The fourth-order valence-electron chi connectivity index (χ4n) is 2.07. The van der Waals surface area contributed by atoms with Crippen LogP contribution in [0.3, 0.4) is 0 Å². The molecule has 0 bridgehead atoms. The van der Waals surface area contributed by atoms with E-state index in [4.69, 9.17) is 0 Å². The first kappa shape index (κ1) is 10.0. The van der Waals surface area contributed by atoms with Gasteiger partial charge in [0.2, 0.25) is 0 Å². The third-order valence-electron chi connectivity index (χ3n) is 2.89. The second kappa shape index (κ2) is 3.70. The Morgan fingerprint density at radius 3 is 2.59 bits per heavy atom. The summed E-state index contributed by atoms with van der Waals surface area (Å²) in [7, 11) is 0. The van der Waals surface area contributed by atoms with Crippen molar-refractivity contribution in [2.45, 2.75) is 13.3 Å². The number of hydrazone groups is 1. The molecule has 0 fully saturated rings. The van der Waals surface area contributed by atoms with E-state index in [1.54, 1.807) is 0 Å². The van der Waals surface area contributed by atoms with Gasteiger partial charge in [0.15, 0.2) is 0 Å². The lowest BCUT2D eigenvalue weighted by Crippen LogP contribution is -2.19. The highest BCUT2D eigenvalue weighted by atomic mass is 16.2. The van der Waals surface area contributed by atoms with Crippen molar-refractivity contribution in [3.63, 3.8) is 0 Å². The third kappa shape index (κ3) is 1.69. The number of carbonyl (C=O) groups is 1. The summed E-state index contributed by atoms with van der Waals surface area (Å²) in [6.07, 6.45) is 0.423. The van der Waals surface area contributed by atoms with Gasteiger partial charge in [-0.2, -0.15) is 5.10 Å². The highest BCUT2D eigenvalue weighted by Gasteiger charge is 2.22. The van der Waals surface area contributed by atoms with Gasteiger partial charge in [0.1, 0.15) is 0 Å². The van der Waals surface area contributed by atoms with Crippen LogP contribution in [0.5, 0.6) is 0 Å². The standard InChI is InChI=1S/C14H12N2O/c1-10-8-14(17)16(15-10)13-7-6-11-4-2-3-5-12(11)9-13/h2-7,9H,8H2,1H3. The fraction of sp³-hybridized carbons (Fsp3) is 0.143. The minimum atomic E-state index is 0.0396. The monoisotopic (exact) mass is 224 g/mol. The summed E-state index contributed by atoms with van der Waals surface area (Å²) in [4.78, 5) is 11.7. The summed E-state index contributed by atoms with van der Waals surface area (Å²) in [6.45, 7) is 1.87. The van der Waals surface area contributed by atoms with Crippen LogP contribution in [0.2, 0.25) is 0 Å². The van der Waals surface area contributed by atoms with E-state index in [1.807, 2.05) is 43.3 Å². The minimum absolute atomic E-state index is 0.0396. The molecule has 84 valence electrons. The van der Waals surface area contributed by atoms with Gasteiger partial charge in [-0.1, -0.05) is 30.3 Å². The van der Waals surface area contributed by atoms with Crippen molar-refractivity contribution in [1.82, 2.24) is 0 Å². The first-order valence-electron chi connectivity index (χ1n) is 5.60. The number of rotatable bonds is 1. The molecule has 0 N–H and O–H groups in total. The van der Waals surface area contributed by atoms with E-state index in [2.05, 4.69) is 11.2 Å². The molecule has 0 aromatic heterocycles. The third-order valence-corrected chi connectivity index (χ3v) is 2.89. The molecule has 2 aromatic carbocycles. The zero-order chi connectivity index (χ0) is 11.8. The second-order valence-corrected chi connectivity index (χ2v) is 4.25. The van der Waals surface area contributed by atoms with Gasteiger partial charge in [-0.25, -0.2) is 5.01 Å². The van der Waals surface area contributed by atoms with Crippen LogP contribution in [0.1, 0.15) is 13.3 Å². The topological polar surface area (TPSA) is 32.7 Å². The van der Waals surface area contributed by atoms with E-state index in [1.165, 1.54) is 10.4 Å². The Hall–Kier alpha value is -2.16. The molecule has 0 unspecified atom stereocenters. The van der Waals surface area contributed by atoms with E-state index in [-0.39, 0.29) is 5.91 Å². The van der Waals surface area contributed by atoms with Crippen LogP contribution in [-0.2, 0) is 4.79 Å². The molecule has 1 amide bonds. The minimum Gasteiger partial charge on any atom is -0.272 e. The van der Waals surface area contributed by atoms with E-state index in [9.17, 15) is 4.79 Å². The van der Waals surface area contributed by atoms with Crippen LogP contribution in [0, 0.1) is 0 Å². The van der Waals surface area contributed by atoms with E-state index in [0.717, 1.165) is 16.8 Å². The molecule has 0 radical (unpaired) electrons. The second-order valence-electron chi connectivity index (χ2n) is 4.25. The van der Waals surface area contributed by atoms with Crippen LogP contribution in [-0.4, -0.2) is 11.6 Å². The van der Waals surface area contributed by atoms with Crippen LogP contribution in [0.25, 0.3) is 10.8 Å². The predicted octanol–water partition coefficient (Wildman–Crippen LogP) is 2.95. The molecular formula is C14H12N2O. The Balaban J connectivity index is 2.09. The zero-order valence-electron chi connectivity index (χ0n) is 9.55. The predicted molar refractivity (Wildman–Crippen MR) is 69.2 cm³/mol. The maximum atomic E-state index is 11.7. The first-order chi connectivity index (χ1) is 8.24. The van der Waals surface area contributed by atoms with Gasteiger partial charge >= 0.3 is 0 Å². The molecule has 17 heavy (non-hydrogen) atoms. The maximum absolute atomic E-state index is 11.7. The highest BCUT2D eigenvalue weighted by Crippen LogP contribution is 2.25. The largest absolute Gasteiger partial charge is 0.272 e. The molecule has 2 aromatic rings. The van der Waals surface area contributed by atoms with E-state index < -0.39 is 0 Å². The number of nitrogens with zero attached hydrogens (tertiary/aromatic N) is 2. The van der Waals surface area contributed by atoms with Crippen molar-refractivity contribution in [2.75, 3.05) is 5.01 Å². The molecule has 0 atom stereocenters. The van der Waals surface area contributed by atoms with Crippen molar-refractivity contribution >= 4 is 28.1 Å². The van der Waals surface area contributed by atoms with Gasteiger partial charge < -0.3 is 0 Å².